The molecule has 0 unspecified atom stereocenters. The number of esters is 1. The molecule has 5 nitrogen and oxygen atoms in total. The maximum absolute atomic E-state index is 13.2. The molecule has 0 bridgehead atoms. The van der Waals surface area contributed by atoms with Crippen LogP contribution < -0.4 is 5.32 Å². The molecular formula is C27H25NO4. The first-order valence-electron chi connectivity index (χ1n) is 10.5. The summed E-state index contributed by atoms with van der Waals surface area (Å²) in [4.78, 5) is 25.4. The third-order valence-electron chi connectivity index (χ3n) is 5.19. The molecule has 0 aliphatic heterocycles. The summed E-state index contributed by atoms with van der Waals surface area (Å²) in [6.45, 7) is 7.51. The third-order valence-corrected chi connectivity index (χ3v) is 5.19. The van der Waals surface area contributed by atoms with Crippen molar-refractivity contribution in [1.82, 2.24) is 0 Å². The highest BCUT2D eigenvalue weighted by atomic mass is 16.6. The van der Waals surface area contributed by atoms with Gasteiger partial charge in [0.1, 0.15) is 5.58 Å². The van der Waals surface area contributed by atoms with Gasteiger partial charge >= 0.3 is 5.97 Å². The molecule has 1 heterocycles. The minimum Gasteiger partial charge on any atom is -0.457 e. The van der Waals surface area contributed by atoms with E-state index in [2.05, 4.69) is 11.4 Å². The normalized spacial score (nSPS) is 11.0. The van der Waals surface area contributed by atoms with Gasteiger partial charge in [-0.1, -0.05) is 48.0 Å². The molecule has 1 amide bonds. The average molecular weight is 428 g/mol. The Morgan fingerprint density at radius 2 is 1.66 bits per heavy atom. The highest BCUT2D eigenvalue weighted by Gasteiger charge is 2.18. The van der Waals surface area contributed by atoms with Gasteiger partial charge in [0.15, 0.2) is 0 Å². The molecule has 162 valence electrons. The van der Waals surface area contributed by atoms with Gasteiger partial charge in [0.05, 0.1) is 11.8 Å². The van der Waals surface area contributed by atoms with Gasteiger partial charge in [-0.25, -0.2) is 4.79 Å². The number of anilines is 1. The Balaban J connectivity index is 1.65. The molecule has 1 aromatic heterocycles. The Morgan fingerprint density at radius 3 is 2.41 bits per heavy atom. The average Bonchev–Trinajstić information content (AvgIpc) is 3.19. The third kappa shape index (κ3) is 4.42. The number of hydrogen-bond acceptors (Lipinski definition) is 4. The first kappa shape index (κ1) is 21.4. The van der Waals surface area contributed by atoms with Crippen LogP contribution in [0.4, 0.5) is 5.69 Å². The molecule has 0 fully saturated rings. The molecule has 0 aliphatic rings. The van der Waals surface area contributed by atoms with Crippen molar-refractivity contribution in [3.8, 4) is 11.1 Å². The van der Waals surface area contributed by atoms with E-state index in [0.717, 1.165) is 22.3 Å². The number of furan rings is 1. The Hall–Kier alpha value is -3.86. The molecule has 0 saturated carbocycles. The topological polar surface area (TPSA) is 68.5 Å². The molecular weight excluding hydrogens is 402 g/mol. The monoisotopic (exact) mass is 427 g/mol. The highest BCUT2D eigenvalue weighted by Crippen LogP contribution is 2.29. The van der Waals surface area contributed by atoms with Crippen molar-refractivity contribution in [2.75, 3.05) is 5.32 Å². The summed E-state index contributed by atoms with van der Waals surface area (Å²) in [5, 5.41) is 3.62. The van der Waals surface area contributed by atoms with Crippen LogP contribution in [0.1, 0.15) is 45.9 Å². The number of fused-ring (bicyclic) bond motifs is 1. The second kappa shape index (κ2) is 8.71. The van der Waals surface area contributed by atoms with E-state index in [4.69, 9.17) is 9.15 Å². The van der Waals surface area contributed by atoms with Crippen LogP contribution in [0.15, 0.2) is 71.1 Å². The van der Waals surface area contributed by atoms with Crippen LogP contribution >= 0.6 is 0 Å². The predicted molar refractivity (Wildman–Crippen MR) is 126 cm³/mol. The van der Waals surface area contributed by atoms with Crippen molar-refractivity contribution < 1.29 is 18.7 Å². The number of ether oxygens (including phenoxy) is 1. The van der Waals surface area contributed by atoms with E-state index in [1.807, 2.05) is 50.2 Å². The molecule has 4 aromatic rings. The number of carbonyl (C=O) groups excluding carboxylic acids is 2. The lowest BCUT2D eigenvalue weighted by Crippen LogP contribution is -2.13. The Kier molecular flexibility index (Phi) is 5.82. The molecule has 4 rings (SSSR count). The largest absolute Gasteiger partial charge is 0.457 e. The van der Waals surface area contributed by atoms with Crippen LogP contribution in [0.25, 0.3) is 22.1 Å². The molecule has 0 spiro atoms. The number of amides is 1. The maximum Gasteiger partial charge on any atom is 0.374 e. The van der Waals surface area contributed by atoms with Gasteiger partial charge in [0.25, 0.3) is 5.91 Å². The van der Waals surface area contributed by atoms with Crippen molar-refractivity contribution in [2.24, 2.45) is 0 Å². The van der Waals surface area contributed by atoms with Crippen LogP contribution in [0.5, 0.6) is 0 Å². The van der Waals surface area contributed by atoms with E-state index in [-0.39, 0.29) is 17.8 Å². The lowest BCUT2D eigenvalue weighted by Gasteiger charge is -2.11. The van der Waals surface area contributed by atoms with Crippen molar-refractivity contribution in [2.45, 2.75) is 33.8 Å². The number of benzene rings is 3. The van der Waals surface area contributed by atoms with Gasteiger partial charge < -0.3 is 14.5 Å². The molecule has 5 heteroatoms. The number of aryl methyl sites for hydroxylation is 2. The number of nitrogens with one attached hydrogen (secondary N) is 1. The standard InChI is InChI=1S/C27H25NO4/c1-16(2)31-27(30)25-15-22-23(9-6-10-24(22)32-25)28-26(29)21-14-20(12-11-18(21)4)19-8-5-7-17(3)13-19/h5-16H,1-4H3,(H,28,29). The molecule has 0 atom stereocenters. The molecule has 1 N–H and O–H groups in total. The fourth-order valence-electron chi connectivity index (χ4n) is 3.60. The van der Waals surface area contributed by atoms with Crippen molar-refractivity contribution in [1.29, 1.82) is 0 Å². The summed E-state index contributed by atoms with van der Waals surface area (Å²) in [5.41, 5.74) is 5.73. The first-order chi connectivity index (χ1) is 15.3. The van der Waals surface area contributed by atoms with E-state index < -0.39 is 5.97 Å². The predicted octanol–water partition coefficient (Wildman–Crippen LogP) is 6.53. The summed E-state index contributed by atoms with van der Waals surface area (Å²) in [6, 6.07) is 21.0. The van der Waals surface area contributed by atoms with E-state index in [0.29, 0.717) is 22.2 Å². The van der Waals surface area contributed by atoms with Crippen LogP contribution in [0.2, 0.25) is 0 Å². The zero-order valence-corrected chi connectivity index (χ0v) is 18.6. The summed E-state index contributed by atoms with van der Waals surface area (Å²) in [7, 11) is 0. The smallest absolute Gasteiger partial charge is 0.374 e. The Morgan fingerprint density at radius 1 is 0.906 bits per heavy atom. The fraction of sp³-hybridized carbons (Fsp3) is 0.185. The van der Waals surface area contributed by atoms with Crippen LogP contribution in [-0.2, 0) is 4.74 Å². The van der Waals surface area contributed by atoms with E-state index >= 15 is 0 Å². The lowest BCUT2D eigenvalue weighted by molar-refractivity contribution is 0.0344. The molecule has 3 aromatic carbocycles. The van der Waals surface area contributed by atoms with Crippen molar-refractivity contribution in [3.05, 3.63) is 89.2 Å². The van der Waals surface area contributed by atoms with Gasteiger partial charge in [-0.2, -0.15) is 0 Å². The van der Waals surface area contributed by atoms with Gasteiger partial charge in [-0.05, 0) is 62.6 Å². The lowest BCUT2D eigenvalue weighted by atomic mass is 9.98. The number of hydrogen-bond donors (Lipinski definition) is 1. The highest BCUT2D eigenvalue weighted by molar-refractivity contribution is 6.10. The molecule has 0 aliphatic carbocycles. The number of rotatable bonds is 5. The second-order valence-corrected chi connectivity index (χ2v) is 8.14. The summed E-state index contributed by atoms with van der Waals surface area (Å²) in [6.07, 6.45) is -0.251. The molecule has 32 heavy (non-hydrogen) atoms. The minimum absolute atomic E-state index is 0.105. The quantitative estimate of drug-likeness (QED) is 0.368. The molecule has 0 saturated heterocycles. The summed E-state index contributed by atoms with van der Waals surface area (Å²) >= 11 is 0. The molecule has 0 radical (unpaired) electrons. The number of carbonyl (C=O) groups is 2. The van der Waals surface area contributed by atoms with E-state index in [9.17, 15) is 9.59 Å². The summed E-state index contributed by atoms with van der Waals surface area (Å²) in [5.74, 6) is -0.653. The first-order valence-corrected chi connectivity index (χ1v) is 10.5. The zero-order chi connectivity index (χ0) is 22.8. The SMILES string of the molecule is Cc1cccc(-c2ccc(C)c(C(=O)Nc3cccc4oc(C(=O)OC(C)C)cc34)c2)c1. The zero-order valence-electron chi connectivity index (χ0n) is 18.6. The van der Waals surface area contributed by atoms with Gasteiger partial charge in [0, 0.05) is 17.0 Å². The Labute approximate surface area is 187 Å². The second-order valence-electron chi connectivity index (χ2n) is 8.14. The maximum atomic E-state index is 13.2. The van der Waals surface area contributed by atoms with Crippen LogP contribution in [0, 0.1) is 13.8 Å². The van der Waals surface area contributed by atoms with Gasteiger partial charge in [0.2, 0.25) is 5.76 Å². The van der Waals surface area contributed by atoms with E-state index in [1.165, 1.54) is 0 Å². The van der Waals surface area contributed by atoms with Gasteiger partial charge in [-0.15, -0.1) is 0 Å². The van der Waals surface area contributed by atoms with Crippen LogP contribution in [-0.4, -0.2) is 18.0 Å². The van der Waals surface area contributed by atoms with Crippen molar-refractivity contribution >= 4 is 28.5 Å². The fourth-order valence-corrected chi connectivity index (χ4v) is 3.60. The minimum atomic E-state index is -0.532. The van der Waals surface area contributed by atoms with Crippen molar-refractivity contribution in [3.63, 3.8) is 0 Å². The Bertz CT molecular complexity index is 1320. The van der Waals surface area contributed by atoms with Gasteiger partial charge in [-0.3, -0.25) is 4.79 Å². The summed E-state index contributed by atoms with van der Waals surface area (Å²) < 4.78 is 10.9. The van der Waals surface area contributed by atoms with Crippen LogP contribution in [0.3, 0.4) is 0 Å². The van der Waals surface area contributed by atoms with E-state index in [1.54, 1.807) is 38.1 Å².